The fraction of sp³-hybridized carbons (Fsp3) is 0.600. The highest BCUT2D eigenvalue weighted by Crippen LogP contribution is 2.10. The molecule has 0 aliphatic rings. The summed E-state index contributed by atoms with van der Waals surface area (Å²) < 4.78 is 27.7. The molecular formula is C10H17N3O3S. The van der Waals surface area contributed by atoms with Crippen LogP contribution in [-0.4, -0.2) is 43.0 Å². The number of ether oxygens (including phenoxy) is 1. The highest BCUT2D eigenvalue weighted by Gasteiger charge is 2.06. The Bertz CT molecular complexity index is 448. The highest BCUT2D eigenvalue weighted by molar-refractivity contribution is 7.91. The van der Waals surface area contributed by atoms with Crippen LogP contribution in [0.15, 0.2) is 12.4 Å². The Morgan fingerprint density at radius 1 is 1.35 bits per heavy atom. The van der Waals surface area contributed by atoms with Crippen molar-refractivity contribution >= 4 is 15.7 Å². The van der Waals surface area contributed by atoms with E-state index < -0.39 is 9.84 Å². The molecule has 0 radical (unpaired) electrons. The summed E-state index contributed by atoms with van der Waals surface area (Å²) in [4.78, 5) is 7.88. The molecule has 0 atom stereocenters. The molecule has 0 saturated carbocycles. The maximum atomic E-state index is 11.3. The minimum Gasteiger partial charge on any atom is -0.478 e. The molecule has 1 N–H and O–H groups in total. The summed E-state index contributed by atoms with van der Waals surface area (Å²) in [5.41, 5.74) is 0. The second-order valence-electron chi connectivity index (χ2n) is 3.34. The van der Waals surface area contributed by atoms with Crippen LogP contribution in [0, 0.1) is 0 Å². The van der Waals surface area contributed by atoms with Crippen LogP contribution in [0.2, 0.25) is 0 Å². The molecular weight excluding hydrogens is 242 g/mol. The molecule has 0 saturated heterocycles. The monoisotopic (exact) mass is 259 g/mol. The van der Waals surface area contributed by atoms with Crippen molar-refractivity contribution in [3.63, 3.8) is 0 Å². The van der Waals surface area contributed by atoms with Gasteiger partial charge in [0, 0.05) is 18.4 Å². The molecule has 0 spiro atoms. The number of hydrogen-bond donors (Lipinski definition) is 1. The molecule has 1 rings (SSSR count). The Labute approximate surface area is 101 Å². The van der Waals surface area contributed by atoms with E-state index in [9.17, 15) is 8.42 Å². The SMILES string of the molecule is CCOc1cc(NCCS(=O)(=O)CC)ncn1. The van der Waals surface area contributed by atoms with E-state index >= 15 is 0 Å². The third-order valence-electron chi connectivity index (χ3n) is 2.09. The van der Waals surface area contributed by atoms with Crippen LogP contribution in [0.3, 0.4) is 0 Å². The normalized spacial score (nSPS) is 11.2. The molecule has 1 aromatic heterocycles. The highest BCUT2D eigenvalue weighted by atomic mass is 32.2. The summed E-state index contributed by atoms with van der Waals surface area (Å²) in [6, 6.07) is 1.64. The lowest BCUT2D eigenvalue weighted by atomic mass is 10.5. The van der Waals surface area contributed by atoms with Crippen LogP contribution in [0.4, 0.5) is 5.82 Å². The van der Waals surface area contributed by atoms with E-state index in [1.54, 1.807) is 13.0 Å². The second-order valence-corrected chi connectivity index (χ2v) is 5.81. The van der Waals surface area contributed by atoms with Crippen molar-refractivity contribution in [1.82, 2.24) is 9.97 Å². The Morgan fingerprint density at radius 3 is 2.76 bits per heavy atom. The van der Waals surface area contributed by atoms with Crippen LogP contribution < -0.4 is 10.1 Å². The van der Waals surface area contributed by atoms with Gasteiger partial charge in [0.05, 0.1) is 12.4 Å². The zero-order valence-electron chi connectivity index (χ0n) is 10.0. The van der Waals surface area contributed by atoms with Gasteiger partial charge in [0.15, 0.2) is 9.84 Å². The van der Waals surface area contributed by atoms with E-state index in [4.69, 9.17) is 4.74 Å². The lowest BCUT2D eigenvalue weighted by molar-refractivity contribution is 0.326. The predicted molar refractivity (Wildman–Crippen MR) is 66.0 cm³/mol. The molecule has 7 heteroatoms. The van der Waals surface area contributed by atoms with Crippen LogP contribution in [0.1, 0.15) is 13.8 Å². The van der Waals surface area contributed by atoms with Crippen molar-refractivity contribution in [2.24, 2.45) is 0 Å². The van der Waals surface area contributed by atoms with Gasteiger partial charge in [-0.3, -0.25) is 0 Å². The lowest BCUT2D eigenvalue weighted by Crippen LogP contribution is -2.17. The van der Waals surface area contributed by atoms with Gasteiger partial charge in [-0.2, -0.15) is 0 Å². The van der Waals surface area contributed by atoms with Gasteiger partial charge in [-0.05, 0) is 6.92 Å². The number of aromatic nitrogens is 2. The van der Waals surface area contributed by atoms with E-state index in [0.717, 1.165) is 0 Å². The van der Waals surface area contributed by atoms with E-state index in [2.05, 4.69) is 15.3 Å². The van der Waals surface area contributed by atoms with E-state index in [0.29, 0.717) is 24.8 Å². The zero-order valence-corrected chi connectivity index (χ0v) is 10.8. The average Bonchev–Trinajstić information content (AvgIpc) is 2.30. The molecule has 0 bridgehead atoms. The van der Waals surface area contributed by atoms with Gasteiger partial charge in [-0.1, -0.05) is 6.92 Å². The summed E-state index contributed by atoms with van der Waals surface area (Å²) >= 11 is 0. The van der Waals surface area contributed by atoms with E-state index in [-0.39, 0.29) is 11.5 Å². The van der Waals surface area contributed by atoms with Crippen LogP contribution >= 0.6 is 0 Å². The summed E-state index contributed by atoms with van der Waals surface area (Å²) in [7, 11) is -2.95. The van der Waals surface area contributed by atoms with E-state index in [1.807, 2.05) is 6.92 Å². The van der Waals surface area contributed by atoms with Gasteiger partial charge in [0.1, 0.15) is 12.1 Å². The van der Waals surface area contributed by atoms with Gasteiger partial charge in [0.25, 0.3) is 0 Å². The number of anilines is 1. The summed E-state index contributed by atoms with van der Waals surface area (Å²) in [5.74, 6) is 1.29. The van der Waals surface area contributed by atoms with Gasteiger partial charge < -0.3 is 10.1 Å². The maximum absolute atomic E-state index is 11.3. The fourth-order valence-corrected chi connectivity index (χ4v) is 1.84. The topological polar surface area (TPSA) is 81.2 Å². The lowest BCUT2D eigenvalue weighted by Gasteiger charge is -2.06. The van der Waals surface area contributed by atoms with Crippen LogP contribution in [0.5, 0.6) is 5.88 Å². The number of nitrogens with one attached hydrogen (secondary N) is 1. The van der Waals surface area contributed by atoms with Gasteiger partial charge in [-0.25, -0.2) is 18.4 Å². The Kier molecular flexibility index (Phi) is 5.14. The standard InChI is InChI=1S/C10H17N3O3S/c1-3-16-10-7-9(12-8-13-10)11-5-6-17(14,15)4-2/h7-8H,3-6H2,1-2H3,(H,11,12,13). The molecule has 0 amide bonds. The predicted octanol–water partition coefficient (Wildman–Crippen LogP) is 0.722. The summed E-state index contributed by atoms with van der Waals surface area (Å²) in [5, 5.41) is 2.92. The van der Waals surface area contributed by atoms with Crippen LogP contribution in [-0.2, 0) is 9.84 Å². The van der Waals surface area contributed by atoms with Crippen molar-refractivity contribution in [1.29, 1.82) is 0 Å². The Hall–Kier alpha value is -1.37. The Balaban J connectivity index is 2.49. The van der Waals surface area contributed by atoms with Crippen molar-refractivity contribution in [2.45, 2.75) is 13.8 Å². The smallest absolute Gasteiger partial charge is 0.218 e. The van der Waals surface area contributed by atoms with Crippen molar-refractivity contribution < 1.29 is 13.2 Å². The number of sulfone groups is 1. The average molecular weight is 259 g/mol. The molecule has 0 aliphatic heterocycles. The molecule has 6 nitrogen and oxygen atoms in total. The van der Waals surface area contributed by atoms with Gasteiger partial charge in [-0.15, -0.1) is 0 Å². The first-order chi connectivity index (χ1) is 8.07. The van der Waals surface area contributed by atoms with Crippen LogP contribution in [0.25, 0.3) is 0 Å². The van der Waals surface area contributed by atoms with Crippen molar-refractivity contribution in [3.8, 4) is 5.88 Å². The molecule has 1 aromatic rings. The van der Waals surface area contributed by atoms with E-state index in [1.165, 1.54) is 6.33 Å². The molecule has 96 valence electrons. The molecule has 1 heterocycles. The maximum Gasteiger partial charge on any atom is 0.218 e. The van der Waals surface area contributed by atoms with Crippen molar-refractivity contribution in [2.75, 3.05) is 30.0 Å². The first-order valence-electron chi connectivity index (χ1n) is 5.46. The van der Waals surface area contributed by atoms with Gasteiger partial charge >= 0.3 is 0 Å². The first kappa shape index (κ1) is 13.7. The third kappa shape index (κ3) is 4.99. The zero-order chi connectivity index (χ0) is 12.7. The molecule has 0 aliphatic carbocycles. The molecule has 0 fully saturated rings. The fourth-order valence-electron chi connectivity index (χ4n) is 1.14. The molecule has 17 heavy (non-hydrogen) atoms. The molecule has 0 aromatic carbocycles. The van der Waals surface area contributed by atoms with Crippen molar-refractivity contribution in [3.05, 3.63) is 12.4 Å². The number of nitrogens with zero attached hydrogens (tertiary/aromatic N) is 2. The summed E-state index contributed by atoms with van der Waals surface area (Å²) in [6.07, 6.45) is 1.38. The molecule has 0 unspecified atom stereocenters. The second kappa shape index (κ2) is 6.39. The minimum absolute atomic E-state index is 0.0947. The minimum atomic E-state index is -2.95. The quantitative estimate of drug-likeness (QED) is 0.777. The summed E-state index contributed by atoms with van der Waals surface area (Å²) in [6.45, 7) is 4.36. The van der Waals surface area contributed by atoms with Gasteiger partial charge in [0.2, 0.25) is 5.88 Å². The third-order valence-corrected chi connectivity index (χ3v) is 3.80. The largest absolute Gasteiger partial charge is 0.478 e. The Morgan fingerprint density at radius 2 is 2.12 bits per heavy atom. The number of rotatable bonds is 7. The first-order valence-corrected chi connectivity index (χ1v) is 7.28. The number of hydrogen-bond acceptors (Lipinski definition) is 6.